The van der Waals surface area contributed by atoms with Crippen LogP contribution in [0.5, 0.6) is 5.75 Å². The van der Waals surface area contributed by atoms with Gasteiger partial charge in [-0.1, -0.05) is 54.5 Å². The lowest BCUT2D eigenvalue weighted by Gasteiger charge is -2.06. The summed E-state index contributed by atoms with van der Waals surface area (Å²) >= 11 is 2.43. The van der Waals surface area contributed by atoms with Crippen LogP contribution in [0.25, 0.3) is 0 Å². The zero-order valence-corrected chi connectivity index (χ0v) is 12.2. The van der Waals surface area contributed by atoms with Gasteiger partial charge in [0.05, 0.1) is 6.61 Å². The van der Waals surface area contributed by atoms with E-state index in [0.717, 1.165) is 18.8 Å². The van der Waals surface area contributed by atoms with Gasteiger partial charge in [0.1, 0.15) is 5.75 Å². The van der Waals surface area contributed by atoms with Gasteiger partial charge in [-0.15, -0.1) is 0 Å². The highest BCUT2D eigenvalue weighted by molar-refractivity contribution is 14.1. The van der Waals surface area contributed by atoms with E-state index in [4.69, 9.17) is 4.74 Å². The standard InChI is InChI=1S/C14H21IO/c1-2-13-7-9-14(10-8-13)16-12-6-4-3-5-11-15/h7-10H,2-6,11-12H2,1H3. The molecule has 90 valence electrons. The first-order valence-corrected chi connectivity index (χ1v) is 7.67. The van der Waals surface area contributed by atoms with Gasteiger partial charge in [-0.25, -0.2) is 0 Å². The monoisotopic (exact) mass is 332 g/mol. The van der Waals surface area contributed by atoms with E-state index in [2.05, 4.69) is 53.8 Å². The molecule has 0 fully saturated rings. The van der Waals surface area contributed by atoms with E-state index in [-0.39, 0.29) is 0 Å². The fraction of sp³-hybridized carbons (Fsp3) is 0.571. The van der Waals surface area contributed by atoms with E-state index in [9.17, 15) is 0 Å². The van der Waals surface area contributed by atoms with Gasteiger partial charge in [-0.2, -0.15) is 0 Å². The molecule has 0 saturated heterocycles. The Balaban J connectivity index is 2.12. The first-order chi connectivity index (χ1) is 7.86. The van der Waals surface area contributed by atoms with E-state index in [1.807, 2.05) is 0 Å². The van der Waals surface area contributed by atoms with E-state index in [0.29, 0.717) is 0 Å². The predicted molar refractivity (Wildman–Crippen MR) is 78.7 cm³/mol. The zero-order valence-electron chi connectivity index (χ0n) is 10.0. The Bertz CT molecular complexity index is 269. The summed E-state index contributed by atoms with van der Waals surface area (Å²) in [7, 11) is 0. The number of benzene rings is 1. The maximum Gasteiger partial charge on any atom is 0.119 e. The van der Waals surface area contributed by atoms with Crippen molar-refractivity contribution in [1.82, 2.24) is 0 Å². The molecule has 0 aliphatic rings. The lowest BCUT2D eigenvalue weighted by molar-refractivity contribution is 0.305. The topological polar surface area (TPSA) is 9.23 Å². The largest absolute Gasteiger partial charge is 0.494 e. The highest BCUT2D eigenvalue weighted by Gasteiger charge is 1.94. The summed E-state index contributed by atoms with van der Waals surface area (Å²) in [5.41, 5.74) is 1.37. The Hall–Kier alpha value is -0.250. The Kier molecular flexibility index (Phi) is 7.64. The van der Waals surface area contributed by atoms with Crippen LogP contribution in [0.15, 0.2) is 24.3 Å². The van der Waals surface area contributed by atoms with Crippen LogP contribution >= 0.6 is 22.6 Å². The lowest BCUT2D eigenvalue weighted by atomic mass is 10.2. The SMILES string of the molecule is CCc1ccc(OCCCCCCI)cc1. The number of aryl methyl sites for hydroxylation is 1. The lowest BCUT2D eigenvalue weighted by Crippen LogP contribution is -1.97. The van der Waals surface area contributed by atoms with Crippen molar-refractivity contribution in [1.29, 1.82) is 0 Å². The molecule has 1 aromatic rings. The van der Waals surface area contributed by atoms with Gasteiger partial charge in [0, 0.05) is 0 Å². The molecular formula is C14H21IO. The fourth-order valence-electron chi connectivity index (χ4n) is 1.56. The molecule has 0 saturated carbocycles. The Labute approximate surface area is 113 Å². The first kappa shape index (κ1) is 13.8. The molecule has 0 aliphatic carbocycles. The summed E-state index contributed by atoms with van der Waals surface area (Å²) in [5.74, 6) is 1.01. The Morgan fingerprint density at radius 3 is 2.31 bits per heavy atom. The quantitative estimate of drug-likeness (QED) is 0.383. The fourth-order valence-corrected chi connectivity index (χ4v) is 2.10. The van der Waals surface area contributed by atoms with E-state index >= 15 is 0 Å². The number of hydrogen-bond acceptors (Lipinski definition) is 1. The van der Waals surface area contributed by atoms with Crippen molar-refractivity contribution in [2.45, 2.75) is 39.0 Å². The van der Waals surface area contributed by atoms with Crippen LogP contribution in [0.3, 0.4) is 0 Å². The Morgan fingerprint density at radius 1 is 1.00 bits per heavy atom. The molecule has 0 heterocycles. The number of ether oxygens (including phenoxy) is 1. The average Bonchev–Trinajstić information content (AvgIpc) is 2.34. The number of hydrogen-bond donors (Lipinski definition) is 0. The normalized spacial score (nSPS) is 10.4. The maximum atomic E-state index is 5.68. The van der Waals surface area contributed by atoms with Crippen molar-refractivity contribution in [3.05, 3.63) is 29.8 Å². The summed E-state index contributed by atoms with van der Waals surface area (Å²) in [4.78, 5) is 0. The summed E-state index contributed by atoms with van der Waals surface area (Å²) < 4.78 is 6.96. The van der Waals surface area contributed by atoms with Gasteiger partial charge in [-0.05, 0) is 41.4 Å². The van der Waals surface area contributed by atoms with Gasteiger partial charge in [0.25, 0.3) is 0 Å². The molecular weight excluding hydrogens is 311 g/mol. The summed E-state index contributed by atoms with van der Waals surface area (Å²) in [6, 6.07) is 8.43. The van der Waals surface area contributed by atoms with Gasteiger partial charge in [0.2, 0.25) is 0 Å². The minimum Gasteiger partial charge on any atom is -0.494 e. The molecule has 0 unspecified atom stereocenters. The highest BCUT2D eigenvalue weighted by atomic mass is 127. The van der Waals surface area contributed by atoms with Crippen molar-refractivity contribution < 1.29 is 4.74 Å². The van der Waals surface area contributed by atoms with Gasteiger partial charge >= 0.3 is 0 Å². The number of alkyl halides is 1. The van der Waals surface area contributed by atoms with Crippen LogP contribution in [0.2, 0.25) is 0 Å². The Morgan fingerprint density at radius 2 is 1.69 bits per heavy atom. The molecule has 0 N–H and O–H groups in total. The minimum atomic E-state index is 0.854. The second-order valence-electron chi connectivity index (χ2n) is 3.95. The van der Waals surface area contributed by atoms with Crippen LogP contribution in [-0.2, 0) is 6.42 Å². The molecule has 0 radical (unpaired) electrons. The minimum absolute atomic E-state index is 0.854. The van der Waals surface area contributed by atoms with E-state index in [1.54, 1.807) is 0 Å². The van der Waals surface area contributed by atoms with Gasteiger partial charge in [0.15, 0.2) is 0 Å². The smallest absolute Gasteiger partial charge is 0.119 e. The van der Waals surface area contributed by atoms with Crippen LogP contribution < -0.4 is 4.74 Å². The third-order valence-corrected chi connectivity index (χ3v) is 3.39. The molecule has 1 rings (SSSR count). The van der Waals surface area contributed by atoms with Crippen molar-refractivity contribution in [3.63, 3.8) is 0 Å². The van der Waals surface area contributed by atoms with Crippen LogP contribution in [0.1, 0.15) is 38.2 Å². The van der Waals surface area contributed by atoms with E-state index < -0.39 is 0 Å². The second-order valence-corrected chi connectivity index (χ2v) is 5.03. The molecule has 16 heavy (non-hydrogen) atoms. The van der Waals surface area contributed by atoms with Crippen molar-refractivity contribution in [2.75, 3.05) is 11.0 Å². The molecule has 0 atom stereocenters. The summed E-state index contributed by atoms with van der Waals surface area (Å²) in [5, 5.41) is 0. The van der Waals surface area contributed by atoms with E-state index in [1.165, 1.54) is 35.7 Å². The van der Waals surface area contributed by atoms with Gasteiger partial charge in [-0.3, -0.25) is 0 Å². The third-order valence-electron chi connectivity index (χ3n) is 2.63. The summed E-state index contributed by atoms with van der Waals surface area (Å²) in [6.07, 6.45) is 6.23. The van der Waals surface area contributed by atoms with Crippen LogP contribution in [-0.4, -0.2) is 11.0 Å². The molecule has 0 bridgehead atoms. The van der Waals surface area contributed by atoms with Crippen LogP contribution in [0, 0.1) is 0 Å². The maximum absolute atomic E-state index is 5.68. The molecule has 2 heteroatoms. The first-order valence-electron chi connectivity index (χ1n) is 6.14. The molecule has 1 nitrogen and oxygen atoms in total. The number of halogens is 1. The number of rotatable bonds is 8. The highest BCUT2D eigenvalue weighted by Crippen LogP contribution is 2.13. The summed E-state index contributed by atoms with van der Waals surface area (Å²) in [6.45, 7) is 3.02. The van der Waals surface area contributed by atoms with Crippen molar-refractivity contribution in [3.8, 4) is 5.75 Å². The second kappa shape index (κ2) is 8.85. The molecule has 0 spiro atoms. The van der Waals surface area contributed by atoms with Crippen molar-refractivity contribution in [2.24, 2.45) is 0 Å². The molecule has 0 aliphatic heterocycles. The average molecular weight is 332 g/mol. The third kappa shape index (κ3) is 5.73. The van der Waals surface area contributed by atoms with Crippen molar-refractivity contribution >= 4 is 22.6 Å². The molecule has 0 aromatic heterocycles. The van der Waals surface area contributed by atoms with Gasteiger partial charge < -0.3 is 4.74 Å². The zero-order chi connectivity index (χ0) is 11.6. The predicted octanol–water partition coefficient (Wildman–Crippen LogP) is 4.62. The number of unbranched alkanes of at least 4 members (excludes halogenated alkanes) is 3. The molecule has 0 amide bonds. The van der Waals surface area contributed by atoms with Crippen LogP contribution in [0.4, 0.5) is 0 Å². The molecule has 1 aromatic carbocycles.